The fraction of sp³-hybridized carbons (Fsp3) is 0.889. The van der Waals surface area contributed by atoms with E-state index in [0.29, 0.717) is 6.71 Å². The number of hydrogen-bond acceptors (Lipinski definition) is 1. The fourth-order valence-corrected chi connectivity index (χ4v) is 1.17. The van der Waals surface area contributed by atoms with Crippen LogP contribution in [-0.2, 0) is 0 Å². The van der Waals surface area contributed by atoms with Crippen LogP contribution in [0.4, 0.5) is 0 Å². The van der Waals surface area contributed by atoms with E-state index in [4.69, 9.17) is 5.26 Å². The minimum atomic E-state index is 0.329. The zero-order valence-electron chi connectivity index (χ0n) is 7.77. The van der Waals surface area contributed by atoms with Gasteiger partial charge in [-0.3, -0.25) is 0 Å². The first-order valence-electron chi connectivity index (χ1n) is 4.74. The average molecular weight is 151 g/mol. The van der Waals surface area contributed by atoms with Crippen LogP contribution in [0.3, 0.4) is 0 Å². The molecule has 0 aromatic carbocycles. The van der Waals surface area contributed by atoms with Crippen LogP contribution in [-0.4, -0.2) is 6.71 Å². The molecule has 0 aromatic rings. The van der Waals surface area contributed by atoms with Crippen LogP contribution >= 0.6 is 0 Å². The van der Waals surface area contributed by atoms with Gasteiger partial charge in [0.05, 0.1) is 0 Å². The molecule has 0 rings (SSSR count). The van der Waals surface area contributed by atoms with E-state index in [1.54, 1.807) is 0 Å². The van der Waals surface area contributed by atoms with Crippen LogP contribution in [0.5, 0.6) is 0 Å². The van der Waals surface area contributed by atoms with Crippen molar-refractivity contribution >= 4 is 6.71 Å². The summed E-state index contributed by atoms with van der Waals surface area (Å²) < 4.78 is 0. The number of hydrogen-bond donors (Lipinski definition) is 0. The van der Waals surface area contributed by atoms with Gasteiger partial charge in [0.25, 0.3) is 6.71 Å². The smallest absolute Gasteiger partial charge is 0.213 e. The van der Waals surface area contributed by atoms with Gasteiger partial charge in [-0.1, -0.05) is 52.2 Å². The highest BCUT2D eigenvalue weighted by molar-refractivity contribution is 6.66. The Hall–Kier alpha value is -0.445. The third kappa shape index (κ3) is 5.97. The summed E-state index contributed by atoms with van der Waals surface area (Å²) in [5.74, 6) is 2.37. The molecule has 0 atom stereocenters. The van der Waals surface area contributed by atoms with Gasteiger partial charge in [-0.05, 0) is 0 Å². The summed E-state index contributed by atoms with van der Waals surface area (Å²) in [5, 5.41) is 8.73. The summed E-state index contributed by atoms with van der Waals surface area (Å²) in [7, 11) is 0. The van der Waals surface area contributed by atoms with Gasteiger partial charge in [-0.2, -0.15) is 0 Å². The molecule has 0 aromatic heterocycles. The second-order valence-electron chi connectivity index (χ2n) is 3.11. The zero-order chi connectivity index (χ0) is 8.53. The molecule has 62 valence electrons. The Bertz CT molecular complexity index is 109. The normalized spacial score (nSPS) is 9.18. The molecule has 0 heterocycles. The molecule has 0 saturated heterocycles. The van der Waals surface area contributed by atoms with Crippen molar-refractivity contribution in [1.82, 2.24) is 0 Å². The van der Waals surface area contributed by atoms with Gasteiger partial charge >= 0.3 is 0 Å². The van der Waals surface area contributed by atoms with Crippen molar-refractivity contribution in [1.29, 1.82) is 5.26 Å². The molecule has 0 N–H and O–H groups in total. The van der Waals surface area contributed by atoms with Gasteiger partial charge in [-0.25, -0.2) is 5.26 Å². The largest absolute Gasteiger partial charge is 0.267 e. The maximum absolute atomic E-state index is 8.73. The van der Waals surface area contributed by atoms with E-state index in [1.165, 1.54) is 25.7 Å². The molecule has 0 saturated carbocycles. The molecule has 0 aliphatic heterocycles. The third-order valence-electron chi connectivity index (χ3n) is 1.99. The number of rotatable bonds is 6. The second-order valence-corrected chi connectivity index (χ2v) is 3.11. The fourth-order valence-electron chi connectivity index (χ4n) is 1.17. The lowest BCUT2D eigenvalue weighted by atomic mass is 9.45. The maximum atomic E-state index is 8.73. The van der Waals surface area contributed by atoms with E-state index in [9.17, 15) is 0 Å². The van der Waals surface area contributed by atoms with E-state index in [-0.39, 0.29) is 0 Å². The second kappa shape index (κ2) is 7.66. The first kappa shape index (κ1) is 10.6. The molecule has 11 heavy (non-hydrogen) atoms. The lowest BCUT2D eigenvalue weighted by Crippen LogP contribution is -2.08. The van der Waals surface area contributed by atoms with Crippen molar-refractivity contribution in [2.75, 3.05) is 0 Å². The van der Waals surface area contributed by atoms with Gasteiger partial charge in [0, 0.05) is 5.97 Å². The van der Waals surface area contributed by atoms with E-state index in [1.807, 2.05) is 0 Å². The zero-order valence-corrected chi connectivity index (χ0v) is 7.77. The number of nitriles is 1. The van der Waals surface area contributed by atoms with Crippen LogP contribution < -0.4 is 0 Å². The Kier molecular flexibility index (Phi) is 7.35. The Balaban J connectivity index is 3.35. The molecule has 0 amide bonds. The van der Waals surface area contributed by atoms with Gasteiger partial charge in [0.15, 0.2) is 0 Å². The molecule has 2 heteroatoms. The monoisotopic (exact) mass is 151 g/mol. The Morgan fingerprint density at radius 1 is 1.09 bits per heavy atom. The highest BCUT2D eigenvalue weighted by Crippen LogP contribution is 2.08. The van der Waals surface area contributed by atoms with Crippen LogP contribution in [0.15, 0.2) is 0 Å². The average Bonchev–Trinajstić information content (AvgIpc) is 2.05. The molecular formula is C9H18BN. The van der Waals surface area contributed by atoms with E-state index < -0.39 is 0 Å². The highest BCUT2D eigenvalue weighted by atomic mass is 14.2. The maximum Gasteiger partial charge on any atom is 0.267 e. The van der Waals surface area contributed by atoms with Gasteiger partial charge < -0.3 is 0 Å². The van der Waals surface area contributed by atoms with E-state index in [2.05, 4.69) is 19.8 Å². The van der Waals surface area contributed by atoms with Crippen molar-refractivity contribution in [3.8, 4) is 5.97 Å². The summed E-state index contributed by atoms with van der Waals surface area (Å²) in [6, 6.07) is 0. The van der Waals surface area contributed by atoms with Crippen molar-refractivity contribution in [3.05, 3.63) is 0 Å². The minimum absolute atomic E-state index is 0.329. The molecule has 0 unspecified atom stereocenters. The van der Waals surface area contributed by atoms with Crippen LogP contribution in [0.25, 0.3) is 0 Å². The molecule has 0 aliphatic rings. The van der Waals surface area contributed by atoms with Crippen molar-refractivity contribution in [3.63, 3.8) is 0 Å². The molecule has 0 spiro atoms. The lowest BCUT2D eigenvalue weighted by molar-refractivity contribution is 0.845. The summed E-state index contributed by atoms with van der Waals surface area (Å²) in [6.07, 6.45) is 7.05. The number of unbranched alkanes of at least 4 members (excludes halogenated alkanes) is 2. The third-order valence-corrected chi connectivity index (χ3v) is 1.99. The van der Waals surface area contributed by atoms with Gasteiger partial charge in [0.2, 0.25) is 0 Å². The summed E-state index contributed by atoms with van der Waals surface area (Å²) >= 11 is 0. The standard InChI is InChI=1S/C9H18BN/c1-3-5-7-10(9-11)8-6-4-2/h3-8H2,1-2H3. The first-order chi connectivity index (χ1) is 5.35. The Labute approximate surface area is 70.9 Å². The van der Waals surface area contributed by atoms with Crippen molar-refractivity contribution in [2.45, 2.75) is 52.2 Å². The van der Waals surface area contributed by atoms with Gasteiger partial charge in [0.1, 0.15) is 0 Å². The Morgan fingerprint density at radius 2 is 1.55 bits per heavy atom. The topological polar surface area (TPSA) is 23.8 Å². The predicted octanol–water partition coefficient (Wildman–Crippen LogP) is 3.14. The summed E-state index contributed by atoms with van der Waals surface area (Å²) in [4.78, 5) is 0. The lowest BCUT2D eigenvalue weighted by Gasteiger charge is -2.01. The SMILES string of the molecule is CCCCB(C#N)CCCC. The Morgan fingerprint density at radius 3 is 1.82 bits per heavy atom. The van der Waals surface area contributed by atoms with E-state index in [0.717, 1.165) is 12.6 Å². The number of nitrogens with zero attached hydrogens (tertiary/aromatic N) is 1. The van der Waals surface area contributed by atoms with Crippen LogP contribution in [0, 0.1) is 11.2 Å². The molecular weight excluding hydrogens is 133 g/mol. The van der Waals surface area contributed by atoms with Crippen LogP contribution in [0.2, 0.25) is 12.6 Å². The van der Waals surface area contributed by atoms with Crippen molar-refractivity contribution in [2.24, 2.45) is 0 Å². The molecule has 1 nitrogen and oxygen atoms in total. The summed E-state index contributed by atoms with van der Waals surface area (Å²) in [5.41, 5.74) is 0. The summed E-state index contributed by atoms with van der Waals surface area (Å²) in [6.45, 7) is 4.68. The van der Waals surface area contributed by atoms with E-state index >= 15 is 0 Å². The van der Waals surface area contributed by atoms with Gasteiger partial charge in [-0.15, -0.1) is 0 Å². The molecule has 0 aliphatic carbocycles. The molecule has 0 bridgehead atoms. The highest BCUT2D eigenvalue weighted by Gasteiger charge is 2.10. The predicted molar refractivity (Wildman–Crippen MR) is 50.8 cm³/mol. The first-order valence-corrected chi connectivity index (χ1v) is 4.74. The molecule has 0 radical (unpaired) electrons. The van der Waals surface area contributed by atoms with Crippen molar-refractivity contribution < 1.29 is 0 Å². The minimum Gasteiger partial charge on any atom is -0.213 e. The quantitative estimate of drug-likeness (QED) is 0.535. The van der Waals surface area contributed by atoms with Crippen LogP contribution in [0.1, 0.15) is 39.5 Å². The molecule has 0 fully saturated rings.